The van der Waals surface area contributed by atoms with E-state index in [1.54, 1.807) is 16.9 Å². The van der Waals surface area contributed by atoms with Crippen LogP contribution in [0.25, 0.3) is 11.3 Å². The molecule has 0 saturated carbocycles. The Morgan fingerprint density at radius 2 is 2.04 bits per heavy atom. The molecule has 23 heavy (non-hydrogen) atoms. The third kappa shape index (κ3) is 4.69. The van der Waals surface area contributed by atoms with E-state index >= 15 is 0 Å². The minimum absolute atomic E-state index is 0.237. The van der Waals surface area contributed by atoms with Crippen molar-refractivity contribution in [2.75, 3.05) is 18.1 Å². The summed E-state index contributed by atoms with van der Waals surface area (Å²) in [6.07, 6.45) is 1.57. The van der Waals surface area contributed by atoms with E-state index in [1.165, 1.54) is 0 Å². The molecule has 2 rings (SSSR count). The molecule has 0 radical (unpaired) electrons. The van der Waals surface area contributed by atoms with Gasteiger partial charge in [-0.15, -0.1) is 0 Å². The average molecular weight is 419 g/mol. The molecule has 6 nitrogen and oxygen atoms in total. The predicted molar refractivity (Wildman–Crippen MR) is 101 cm³/mol. The number of rotatable bonds is 6. The summed E-state index contributed by atoms with van der Waals surface area (Å²) < 4.78 is 8.05. The van der Waals surface area contributed by atoms with Gasteiger partial charge in [0.15, 0.2) is 5.15 Å². The first-order valence-electron chi connectivity index (χ1n) is 7.20. The Morgan fingerprint density at radius 1 is 1.35 bits per heavy atom. The molecular weight excluding hydrogens is 398 g/mol. The maximum atomic E-state index is 6.09. The fourth-order valence-corrected chi connectivity index (χ4v) is 3.27. The third-order valence-corrected chi connectivity index (χ3v) is 5.73. The maximum absolute atomic E-state index is 6.09. The Hall–Kier alpha value is -1.09. The Labute approximate surface area is 150 Å². The van der Waals surface area contributed by atoms with Gasteiger partial charge in [-0.25, -0.2) is 9.67 Å². The monoisotopic (exact) mass is 417 g/mol. The molecule has 0 spiro atoms. The van der Waals surface area contributed by atoms with Gasteiger partial charge >= 0.3 is 0 Å². The molecule has 126 valence electrons. The van der Waals surface area contributed by atoms with Crippen molar-refractivity contribution in [1.29, 1.82) is 0 Å². The number of hydrogen-bond acceptors (Lipinski definition) is 5. The summed E-state index contributed by atoms with van der Waals surface area (Å²) in [4.78, 5) is 4.09. The molecule has 0 aliphatic heterocycles. The van der Waals surface area contributed by atoms with Gasteiger partial charge in [-0.3, -0.25) is 0 Å². The summed E-state index contributed by atoms with van der Waals surface area (Å²) in [7, 11) is -1.13. The lowest BCUT2D eigenvalue weighted by molar-refractivity contribution is 0.0798. The van der Waals surface area contributed by atoms with E-state index in [4.69, 9.17) is 27.8 Å². The molecule has 0 aliphatic rings. The summed E-state index contributed by atoms with van der Waals surface area (Å²) in [6.45, 7) is 7.87. The summed E-state index contributed by atoms with van der Waals surface area (Å²) in [5.74, 6) is 0. The van der Waals surface area contributed by atoms with Crippen LogP contribution in [0, 0.1) is 0 Å². The number of anilines is 2. The number of nitrogen functional groups attached to an aromatic ring is 2. The fraction of sp³-hybridized carbons (Fsp3) is 0.429. The van der Waals surface area contributed by atoms with Gasteiger partial charge in [0.25, 0.3) is 0 Å². The largest absolute Gasteiger partial charge is 0.397 e. The van der Waals surface area contributed by atoms with E-state index in [0.29, 0.717) is 28.3 Å². The van der Waals surface area contributed by atoms with E-state index < -0.39 is 8.07 Å². The molecule has 2 aromatic heterocycles. The lowest BCUT2D eigenvalue weighted by Crippen LogP contribution is -2.22. The van der Waals surface area contributed by atoms with Crippen LogP contribution in [0.3, 0.4) is 0 Å². The van der Waals surface area contributed by atoms with Crippen LogP contribution in [0.2, 0.25) is 30.8 Å². The predicted octanol–water partition coefficient (Wildman–Crippen LogP) is 3.84. The van der Waals surface area contributed by atoms with E-state index in [2.05, 4.69) is 45.7 Å². The summed E-state index contributed by atoms with van der Waals surface area (Å²) in [5, 5.41) is 4.48. The molecule has 0 bridgehead atoms. The van der Waals surface area contributed by atoms with Crippen LogP contribution >= 0.6 is 27.5 Å². The second-order valence-corrected chi connectivity index (χ2v) is 13.3. The second kappa shape index (κ2) is 7.21. The van der Waals surface area contributed by atoms with E-state index in [9.17, 15) is 0 Å². The molecule has 0 unspecified atom stereocenters. The van der Waals surface area contributed by atoms with Crippen molar-refractivity contribution in [3.63, 3.8) is 0 Å². The maximum Gasteiger partial charge on any atom is 0.174 e. The van der Waals surface area contributed by atoms with Crippen LogP contribution in [0.1, 0.15) is 0 Å². The number of hydrogen-bond donors (Lipinski definition) is 2. The average Bonchev–Trinajstić information content (AvgIpc) is 2.72. The van der Waals surface area contributed by atoms with Crippen molar-refractivity contribution in [2.45, 2.75) is 32.4 Å². The second-order valence-electron chi connectivity index (χ2n) is 6.49. The zero-order valence-electron chi connectivity index (χ0n) is 13.4. The standard InChI is InChI=1S/C14H21BrClN5OSi/c1-23(2,3)5-4-22-8-21-13(12(18)14(16)20-21)9-6-11(15)19-7-10(9)17/h6-7H,4-5,8,17-18H2,1-3H3. The van der Waals surface area contributed by atoms with E-state index in [-0.39, 0.29) is 11.9 Å². The van der Waals surface area contributed by atoms with E-state index in [0.717, 1.165) is 11.6 Å². The third-order valence-electron chi connectivity index (χ3n) is 3.31. The summed E-state index contributed by atoms with van der Waals surface area (Å²) in [6, 6.07) is 2.87. The minimum atomic E-state index is -1.13. The van der Waals surface area contributed by atoms with Gasteiger partial charge in [-0.2, -0.15) is 5.10 Å². The van der Waals surface area contributed by atoms with Gasteiger partial charge in [0.2, 0.25) is 0 Å². The highest BCUT2D eigenvalue weighted by Crippen LogP contribution is 2.35. The molecule has 2 heterocycles. The number of ether oxygens (including phenoxy) is 1. The molecule has 0 saturated heterocycles. The van der Waals surface area contributed by atoms with Crippen molar-refractivity contribution in [3.8, 4) is 11.3 Å². The quantitative estimate of drug-likeness (QED) is 0.422. The molecule has 0 fully saturated rings. The summed E-state index contributed by atoms with van der Waals surface area (Å²) in [5.41, 5.74) is 14.3. The molecule has 0 atom stereocenters. The van der Waals surface area contributed by atoms with Gasteiger partial charge < -0.3 is 16.2 Å². The molecule has 9 heteroatoms. The Bertz CT molecular complexity index is 701. The van der Waals surface area contributed by atoms with Crippen LogP contribution < -0.4 is 11.5 Å². The SMILES string of the molecule is C[Si](C)(C)CCOCn1nc(Cl)c(N)c1-c1cc(Br)ncc1N. The molecule has 0 amide bonds. The van der Waals surface area contributed by atoms with Crippen LogP contribution in [0.5, 0.6) is 0 Å². The van der Waals surface area contributed by atoms with Gasteiger partial charge in [-0.05, 0) is 28.0 Å². The molecule has 0 aromatic carbocycles. The zero-order chi connectivity index (χ0) is 17.2. The Kier molecular flexibility index (Phi) is 5.72. The fourth-order valence-electron chi connectivity index (χ4n) is 2.00. The topological polar surface area (TPSA) is 92.0 Å². The van der Waals surface area contributed by atoms with E-state index in [1.807, 2.05) is 0 Å². The van der Waals surface area contributed by atoms with Gasteiger partial charge in [0.05, 0.1) is 23.3 Å². The molecule has 2 aromatic rings. The molecule has 4 N–H and O–H groups in total. The molecular formula is C14H21BrClN5OSi. The minimum Gasteiger partial charge on any atom is -0.397 e. The first kappa shape index (κ1) is 18.2. The number of nitrogens with zero attached hydrogens (tertiary/aromatic N) is 3. The van der Waals surface area contributed by atoms with Crippen molar-refractivity contribution in [3.05, 3.63) is 22.0 Å². The van der Waals surface area contributed by atoms with Crippen molar-refractivity contribution in [1.82, 2.24) is 14.8 Å². The smallest absolute Gasteiger partial charge is 0.174 e. The number of pyridine rings is 1. The Balaban J connectivity index is 2.25. The lowest BCUT2D eigenvalue weighted by Gasteiger charge is -2.16. The number of nitrogens with two attached hydrogens (primary N) is 2. The van der Waals surface area contributed by atoms with Crippen LogP contribution in [-0.4, -0.2) is 29.4 Å². The first-order valence-corrected chi connectivity index (χ1v) is 12.1. The van der Waals surface area contributed by atoms with Crippen LogP contribution in [-0.2, 0) is 11.5 Å². The highest BCUT2D eigenvalue weighted by molar-refractivity contribution is 9.10. The zero-order valence-corrected chi connectivity index (χ0v) is 16.8. The summed E-state index contributed by atoms with van der Waals surface area (Å²) >= 11 is 9.43. The van der Waals surface area contributed by atoms with Crippen LogP contribution in [0.4, 0.5) is 11.4 Å². The van der Waals surface area contributed by atoms with Gasteiger partial charge in [0, 0.05) is 20.2 Å². The first-order chi connectivity index (χ1) is 10.7. The number of aromatic nitrogens is 3. The lowest BCUT2D eigenvalue weighted by atomic mass is 10.1. The van der Waals surface area contributed by atoms with Gasteiger partial charge in [0.1, 0.15) is 11.3 Å². The number of halogens is 2. The van der Waals surface area contributed by atoms with Crippen molar-refractivity contribution < 1.29 is 4.74 Å². The van der Waals surface area contributed by atoms with Crippen LogP contribution in [0.15, 0.2) is 16.9 Å². The van der Waals surface area contributed by atoms with Crippen molar-refractivity contribution in [2.24, 2.45) is 0 Å². The van der Waals surface area contributed by atoms with Gasteiger partial charge in [-0.1, -0.05) is 31.2 Å². The normalized spacial score (nSPS) is 11.9. The Morgan fingerprint density at radius 3 is 2.70 bits per heavy atom. The van der Waals surface area contributed by atoms with Crippen molar-refractivity contribution >= 4 is 47.0 Å². The molecule has 0 aliphatic carbocycles. The highest BCUT2D eigenvalue weighted by atomic mass is 79.9. The highest BCUT2D eigenvalue weighted by Gasteiger charge is 2.19.